The van der Waals surface area contributed by atoms with Crippen LogP contribution >= 0.6 is 0 Å². The van der Waals surface area contributed by atoms with Gasteiger partial charge in [0.05, 0.1) is 6.54 Å². The van der Waals surface area contributed by atoms with Crippen molar-refractivity contribution >= 4 is 11.8 Å². The fourth-order valence-electron chi connectivity index (χ4n) is 1.67. The van der Waals surface area contributed by atoms with E-state index in [4.69, 9.17) is 5.73 Å². The number of hydrogen-bond donors (Lipinski definition) is 3. The quantitative estimate of drug-likeness (QED) is 0.684. The van der Waals surface area contributed by atoms with E-state index in [9.17, 15) is 9.59 Å². The normalized spacial score (nSPS) is 9.35. The zero-order chi connectivity index (χ0) is 15.0. The van der Waals surface area contributed by atoms with Crippen molar-refractivity contribution in [1.29, 1.82) is 0 Å². The first-order valence-electron chi connectivity index (χ1n) is 6.37. The molecule has 0 aliphatic rings. The summed E-state index contributed by atoms with van der Waals surface area (Å²) in [6, 6.07) is 5.36. The van der Waals surface area contributed by atoms with Crippen molar-refractivity contribution in [3.05, 3.63) is 34.9 Å². The molecule has 5 nitrogen and oxygen atoms in total. The minimum absolute atomic E-state index is 0.107. The molecule has 4 N–H and O–H groups in total. The number of amides is 2. The van der Waals surface area contributed by atoms with Crippen LogP contribution < -0.4 is 16.4 Å². The smallest absolute Gasteiger partial charge is 0.251 e. The molecule has 20 heavy (non-hydrogen) atoms. The van der Waals surface area contributed by atoms with Crippen LogP contribution in [0.25, 0.3) is 0 Å². The summed E-state index contributed by atoms with van der Waals surface area (Å²) in [5, 5.41) is 5.22. The standard InChI is InChI=1S/C15H19N3O2/c1-11-12(6-4-9-16)5-3-7-13(11)15(20)18-10-8-14(19)17-2/h3,5,7H,8-10,16H2,1-2H3,(H,17,19)(H,18,20). The minimum atomic E-state index is -0.206. The van der Waals surface area contributed by atoms with Crippen molar-refractivity contribution in [2.75, 3.05) is 20.1 Å². The van der Waals surface area contributed by atoms with Gasteiger partial charge in [-0.15, -0.1) is 0 Å². The number of carbonyl (C=O) groups is 2. The van der Waals surface area contributed by atoms with Crippen molar-refractivity contribution in [2.24, 2.45) is 5.73 Å². The van der Waals surface area contributed by atoms with Crippen LogP contribution in [0.4, 0.5) is 0 Å². The second kappa shape index (κ2) is 7.97. The zero-order valence-electron chi connectivity index (χ0n) is 11.7. The van der Waals surface area contributed by atoms with Gasteiger partial charge in [-0.3, -0.25) is 9.59 Å². The Morgan fingerprint density at radius 2 is 2.10 bits per heavy atom. The molecule has 0 spiro atoms. The van der Waals surface area contributed by atoms with Gasteiger partial charge in [0.2, 0.25) is 5.91 Å². The van der Waals surface area contributed by atoms with E-state index in [2.05, 4.69) is 22.5 Å². The van der Waals surface area contributed by atoms with Crippen molar-refractivity contribution < 1.29 is 9.59 Å². The molecule has 0 aliphatic heterocycles. The van der Waals surface area contributed by atoms with E-state index < -0.39 is 0 Å². The van der Waals surface area contributed by atoms with Gasteiger partial charge in [0.1, 0.15) is 0 Å². The summed E-state index contributed by atoms with van der Waals surface area (Å²) < 4.78 is 0. The van der Waals surface area contributed by atoms with Gasteiger partial charge in [-0.2, -0.15) is 0 Å². The molecule has 0 saturated heterocycles. The molecule has 1 rings (SSSR count). The maximum atomic E-state index is 12.0. The van der Waals surface area contributed by atoms with Crippen LogP contribution in [0.3, 0.4) is 0 Å². The second-order valence-electron chi connectivity index (χ2n) is 4.16. The highest BCUT2D eigenvalue weighted by atomic mass is 16.2. The summed E-state index contributed by atoms with van der Waals surface area (Å²) in [5.74, 6) is 5.39. The number of nitrogens with one attached hydrogen (secondary N) is 2. The average molecular weight is 273 g/mol. The van der Waals surface area contributed by atoms with Crippen LogP contribution in [0.5, 0.6) is 0 Å². The van der Waals surface area contributed by atoms with Crippen molar-refractivity contribution in [3.63, 3.8) is 0 Å². The van der Waals surface area contributed by atoms with Gasteiger partial charge in [-0.1, -0.05) is 17.9 Å². The van der Waals surface area contributed by atoms with E-state index >= 15 is 0 Å². The summed E-state index contributed by atoms with van der Waals surface area (Å²) >= 11 is 0. The van der Waals surface area contributed by atoms with Crippen LogP contribution in [0, 0.1) is 18.8 Å². The van der Waals surface area contributed by atoms with Gasteiger partial charge in [0.25, 0.3) is 5.91 Å². The molecule has 1 aromatic carbocycles. The first kappa shape index (κ1) is 15.7. The Bertz CT molecular complexity index is 556. The highest BCUT2D eigenvalue weighted by Crippen LogP contribution is 2.12. The lowest BCUT2D eigenvalue weighted by atomic mass is 10.0. The summed E-state index contributed by atoms with van der Waals surface area (Å²) in [5.41, 5.74) is 7.50. The molecule has 0 radical (unpaired) electrons. The van der Waals surface area contributed by atoms with Crippen LogP contribution in [0.15, 0.2) is 18.2 Å². The predicted octanol–water partition coefficient (Wildman–Crippen LogP) is 0.171. The van der Waals surface area contributed by atoms with Crippen LogP contribution in [0.1, 0.15) is 27.9 Å². The molecule has 0 aliphatic carbocycles. The Morgan fingerprint density at radius 3 is 2.75 bits per heavy atom. The molecule has 106 valence electrons. The van der Waals surface area contributed by atoms with Crippen molar-refractivity contribution in [3.8, 4) is 11.8 Å². The summed E-state index contributed by atoms with van der Waals surface area (Å²) in [6.45, 7) is 2.42. The number of hydrogen-bond acceptors (Lipinski definition) is 3. The Kier molecular flexibility index (Phi) is 6.27. The van der Waals surface area contributed by atoms with E-state index in [1.54, 1.807) is 19.2 Å². The molecule has 0 unspecified atom stereocenters. The third-order valence-corrected chi connectivity index (χ3v) is 2.82. The van der Waals surface area contributed by atoms with Gasteiger partial charge in [-0.25, -0.2) is 0 Å². The summed E-state index contributed by atoms with van der Waals surface area (Å²) in [7, 11) is 1.56. The number of benzene rings is 1. The molecule has 0 atom stereocenters. The maximum absolute atomic E-state index is 12.0. The molecule has 1 aromatic rings. The molecule has 0 heterocycles. The average Bonchev–Trinajstić information content (AvgIpc) is 2.45. The molecule has 2 amide bonds. The fraction of sp³-hybridized carbons (Fsp3) is 0.333. The van der Waals surface area contributed by atoms with Crippen LogP contribution in [-0.2, 0) is 4.79 Å². The number of carbonyl (C=O) groups excluding carboxylic acids is 2. The van der Waals surface area contributed by atoms with Gasteiger partial charge in [0.15, 0.2) is 0 Å². The Morgan fingerprint density at radius 1 is 1.35 bits per heavy atom. The van der Waals surface area contributed by atoms with Gasteiger partial charge in [-0.05, 0) is 24.6 Å². The first-order valence-corrected chi connectivity index (χ1v) is 6.37. The third kappa shape index (κ3) is 4.41. The summed E-state index contributed by atoms with van der Waals surface area (Å²) in [4.78, 5) is 23.1. The SMILES string of the molecule is CNC(=O)CCNC(=O)c1cccc(C#CCN)c1C. The lowest BCUT2D eigenvalue weighted by molar-refractivity contribution is -0.120. The Balaban J connectivity index is 2.76. The topological polar surface area (TPSA) is 84.2 Å². The minimum Gasteiger partial charge on any atom is -0.359 e. The highest BCUT2D eigenvalue weighted by molar-refractivity contribution is 5.96. The Labute approximate surface area is 118 Å². The van der Waals surface area contributed by atoms with E-state index in [0.29, 0.717) is 12.1 Å². The fourth-order valence-corrected chi connectivity index (χ4v) is 1.67. The van der Waals surface area contributed by atoms with Crippen molar-refractivity contribution in [2.45, 2.75) is 13.3 Å². The zero-order valence-corrected chi connectivity index (χ0v) is 11.7. The van der Waals surface area contributed by atoms with Crippen LogP contribution in [-0.4, -0.2) is 32.0 Å². The summed E-state index contributed by atoms with van der Waals surface area (Å²) in [6.07, 6.45) is 0.258. The highest BCUT2D eigenvalue weighted by Gasteiger charge is 2.10. The van der Waals surface area contributed by atoms with Crippen molar-refractivity contribution in [1.82, 2.24) is 10.6 Å². The molecular formula is C15H19N3O2. The van der Waals surface area contributed by atoms with Gasteiger partial charge in [0, 0.05) is 31.1 Å². The number of rotatable bonds is 4. The lowest BCUT2D eigenvalue weighted by Crippen LogP contribution is -2.29. The maximum Gasteiger partial charge on any atom is 0.251 e. The molecule has 0 bridgehead atoms. The van der Waals surface area contributed by atoms with Gasteiger partial charge < -0.3 is 16.4 Å². The Hall–Kier alpha value is -2.32. The van der Waals surface area contributed by atoms with E-state index in [1.165, 1.54) is 0 Å². The van der Waals surface area contributed by atoms with E-state index in [0.717, 1.165) is 11.1 Å². The lowest BCUT2D eigenvalue weighted by Gasteiger charge is -2.08. The largest absolute Gasteiger partial charge is 0.359 e. The second-order valence-corrected chi connectivity index (χ2v) is 4.16. The predicted molar refractivity (Wildman–Crippen MR) is 78.1 cm³/mol. The molecule has 0 aromatic heterocycles. The first-order chi connectivity index (χ1) is 9.60. The monoisotopic (exact) mass is 273 g/mol. The molecular weight excluding hydrogens is 254 g/mol. The number of nitrogens with two attached hydrogens (primary N) is 1. The third-order valence-electron chi connectivity index (χ3n) is 2.82. The van der Waals surface area contributed by atoms with E-state index in [-0.39, 0.29) is 24.8 Å². The van der Waals surface area contributed by atoms with E-state index in [1.807, 2.05) is 13.0 Å². The van der Waals surface area contributed by atoms with Crippen LogP contribution in [0.2, 0.25) is 0 Å². The van der Waals surface area contributed by atoms with Gasteiger partial charge >= 0.3 is 0 Å². The molecule has 5 heteroatoms. The molecule has 0 fully saturated rings. The molecule has 0 saturated carbocycles.